The molecule has 0 saturated heterocycles. The molecule has 5 heteroatoms. The number of hydrogen-bond acceptors (Lipinski definition) is 4. The molecule has 0 radical (unpaired) electrons. The number of anilines is 1. The molecule has 5 nitrogen and oxygen atoms in total. The molecule has 1 saturated carbocycles. The van der Waals surface area contributed by atoms with E-state index >= 15 is 0 Å². The lowest BCUT2D eigenvalue weighted by atomic mass is 10.1. The van der Waals surface area contributed by atoms with Gasteiger partial charge in [-0.3, -0.25) is 5.32 Å². The number of carbonyl (C=O) groups is 1. The molecule has 2 atom stereocenters. The van der Waals surface area contributed by atoms with Crippen LogP contribution in [0.4, 0.5) is 10.5 Å². The van der Waals surface area contributed by atoms with Crippen molar-refractivity contribution in [3.05, 3.63) is 23.8 Å². The lowest BCUT2D eigenvalue weighted by Gasteiger charge is -2.20. The second-order valence-corrected chi connectivity index (χ2v) is 6.42. The fourth-order valence-corrected chi connectivity index (χ4v) is 2.41. The van der Waals surface area contributed by atoms with Gasteiger partial charge in [0.05, 0.1) is 7.11 Å². The van der Waals surface area contributed by atoms with Gasteiger partial charge in [0.2, 0.25) is 0 Å². The molecule has 3 N–H and O–H groups in total. The third kappa shape index (κ3) is 4.11. The Morgan fingerprint density at radius 1 is 1.43 bits per heavy atom. The molecule has 0 heterocycles. The number of nitrogens with two attached hydrogens (primary N) is 1. The van der Waals surface area contributed by atoms with E-state index in [-0.39, 0.29) is 0 Å². The molecule has 1 aliphatic rings. The van der Waals surface area contributed by atoms with Gasteiger partial charge in [-0.2, -0.15) is 0 Å². The van der Waals surface area contributed by atoms with Gasteiger partial charge in [-0.25, -0.2) is 4.79 Å². The van der Waals surface area contributed by atoms with E-state index in [2.05, 4.69) is 5.32 Å². The lowest BCUT2D eigenvalue weighted by molar-refractivity contribution is 0.0636. The van der Waals surface area contributed by atoms with Crippen LogP contribution < -0.4 is 15.8 Å². The van der Waals surface area contributed by atoms with Crippen LogP contribution in [0.25, 0.3) is 0 Å². The zero-order valence-electron chi connectivity index (χ0n) is 13.1. The summed E-state index contributed by atoms with van der Waals surface area (Å²) in [6.07, 6.45) is 0.634. The van der Waals surface area contributed by atoms with Gasteiger partial charge in [0, 0.05) is 11.8 Å². The second-order valence-electron chi connectivity index (χ2n) is 6.42. The monoisotopic (exact) mass is 292 g/mol. The van der Waals surface area contributed by atoms with Gasteiger partial charge in [0.15, 0.2) is 0 Å². The molecular weight excluding hydrogens is 268 g/mol. The molecular formula is C16H24N2O3. The number of ether oxygens (including phenoxy) is 2. The molecule has 1 amide bonds. The van der Waals surface area contributed by atoms with Crippen molar-refractivity contribution in [3.63, 3.8) is 0 Å². The summed E-state index contributed by atoms with van der Waals surface area (Å²) in [4.78, 5) is 11.8. The van der Waals surface area contributed by atoms with Crippen LogP contribution >= 0.6 is 0 Å². The second kappa shape index (κ2) is 5.93. The summed E-state index contributed by atoms with van der Waals surface area (Å²) >= 11 is 0. The van der Waals surface area contributed by atoms with Gasteiger partial charge in [-0.05, 0) is 57.2 Å². The third-order valence-corrected chi connectivity index (χ3v) is 3.50. The highest BCUT2D eigenvalue weighted by molar-refractivity contribution is 5.85. The zero-order valence-corrected chi connectivity index (χ0v) is 13.1. The molecule has 1 aromatic rings. The van der Waals surface area contributed by atoms with Gasteiger partial charge >= 0.3 is 6.09 Å². The number of nitrogens with one attached hydrogen (secondary N) is 1. The normalized spacial score (nSPS) is 20.8. The van der Waals surface area contributed by atoms with Crippen LogP contribution in [0.3, 0.4) is 0 Å². The van der Waals surface area contributed by atoms with Crippen LogP contribution in [0.1, 0.15) is 38.7 Å². The molecule has 0 spiro atoms. The first kappa shape index (κ1) is 15.6. The summed E-state index contributed by atoms with van der Waals surface area (Å²) in [5, 5.41) is 2.72. The molecule has 1 fully saturated rings. The minimum absolute atomic E-state index is 0.469. The number of benzene rings is 1. The van der Waals surface area contributed by atoms with Crippen LogP contribution in [0.5, 0.6) is 5.75 Å². The number of methoxy groups -OCH3 is 1. The smallest absolute Gasteiger partial charge is 0.412 e. The zero-order chi connectivity index (χ0) is 15.6. The fraction of sp³-hybridized carbons (Fsp3) is 0.562. The fourth-order valence-electron chi connectivity index (χ4n) is 2.41. The van der Waals surface area contributed by atoms with E-state index in [0.717, 1.165) is 17.7 Å². The van der Waals surface area contributed by atoms with E-state index in [1.165, 1.54) is 0 Å². The van der Waals surface area contributed by atoms with Gasteiger partial charge < -0.3 is 15.2 Å². The van der Waals surface area contributed by atoms with Crippen LogP contribution in [0.15, 0.2) is 18.2 Å². The first-order valence-corrected chi connectivity index (χ1v) is 7.22. The molecule has 0 bridgehead atoms. The Morgan fingerprint density at radius 2 is 2.14 bits per heavy atom. The molecule has 0 aliphatic heterocycles. The van der Waals surface area contributed by atoms with Crippen molar-refractivity contribution in [1.29, 1.82) is 0 Å². The van der Waals surface area contributed by atoms with E-state index < -0.39 is 11.7 Å². The van der Waals surface area contributed by atoms with Crippen LogP contribution in [0, 0.1) is 5.92 Å². The largest absolute Gasteiger partial charge is 0.496 e. The minimum atomic E-state index is -0.517. The summed E-state index contributed by atoms with van der Waals surface area (Å²) in [5.74, 6) is 1.80. The standard InChI is InChI=1S/C16H24N2O3/c1-16(2,3)21-15(19)18-11-5-6-12(14(8-11)20-4)13-7-10(13)9-17/h5-6,8,10,13H,7,9,17H2,1-4H3,(H,18,19)/t10-,13+/m0/s1. The number of rotatable bonds is 4. The average molecular weight is 292 g/mol. The van der Waals surface area contributed by atoms with Gasteiger partial charge in [0.25, 0.3) is 0 Å². The third-order valence-electron chi connectivity index (χ3n) is 3.50. The topological polar surface area (TPSA) is 73.6 Å². The molecule has 0 unspecified atom stereocenters. The summed E-state index contributed by atoms with van der Waals surface area (Å²) in [6.45, 7) is 6.19. The number of carbonyl (C=O) groups excluding carboxylic acids is 1. The van der Waals surface area contributed by atoms with Gasteiger partial charge in [-0.15, -0.1) is 0 Å². The van der Waals surface area contributed by atoms with Crippen molar-refractivity contribution in [2.24, 2.45) is 11.7 Å². The van der Waals surface area contributed by atoms with E-state index in [4.69, 9.17) is 15.2 Å². The Hall–Kier alpha value is -1.75. The predicted octanol–water partition coefficient (Wildman–Crippen LogP) is 3.10. The number of hydrogen-bond donors (Lipinski definition) is 2. The van der Waals surface area contributed by atoms with E-state index in [9.17, 15) is 4.79 Å². The van der Waals surface area contributed by atoms with Crippen LogP contribution in [-0.4, -0.2) is 25.3 Å². The first-order chi connectivity index (χ1) is 9.84. The molecule has 116 valence electrons. The Kier molecular flexibility index (Phi) is 4.42. The number of amides is 1. The Morgan fingerprint density at radius 3 is 2.67 bits per heavy atom. The Balaban J connectivity index is 2.07. The lowest BCUT2D eigenvalue weighted by Crippen LogP contribution is -2.27. The van der Waals surface area contributed by atoms with Crippen molar-refractivity contribution >= 4 is 11.8 Å². The highest BCUT2D eigenvalue weighted by Gasteiger charge is 2.38. The quantitative estimate of drug-likeness (QED) is 0.894. The maximum absolute atomic E-state index is 11.8. The average Bonchev–Trinajstić information content (AvgIpc) is 3.15. The Labute approximate surface area is 125 Å². The maximum atomic E-state index is 11.8. The molecule has 1 aliphatic carbocycles. The highest BCUT2D eigenvalue weighted by Crippen LogP contribution is 2.50. The van der Waals surface area contributed by atoms with E-state index in [0.29, 0.717) is 24.1 Å². The molecule has 0 aromatic heterocycles. The van der Waals surface area contributed by atoms with Crippen molar-refractivity contribution in [2.45, 2.75) is 38.7 Å². The minimum Gasteiger partial charge on any atom is -0.496 e. The molecule has 2 rings (SSSR count). The van der Waals surface area contributed by atoms with Gasteiger partial charge in [-0.1, -0.05) is 6.07 Å². The SMILES string of the molecule is COc1cc(NC(=O)OC(C)(C)C)ccc1[C@@H]1C[C@H]1CN. The summed E-state index contributed by atoms with van der Waals surface area (Å²) in [6, 6.07) is 5.69. The highest BCUT2D eigenvalue weighted by atomic mass is 16.6. The van der Waals surface area contributed by atoms with Crippen molar-refractivity contribution in [1.82, 2.24) is 0 Å². The van der Waals surface area contributed by atoms with E-state index in [1.807, 2.05) is 39.0 Å². The summed E-state index contributed by atoms with van der Waals surface area (Å²) in [7, 11) is 1.63. The summed E-state index contributed by atoms with van der Waals surface area (Å²) < 4.78 is 10.7. The molecule has 21 heavy (non-hydrogen) atoms. The summed E-state index contributed by atoms with van der Waals surface area (Å²) in [5.41, 5.74) is 6.99. The van der Waals surface area contributed by atoms with Crippen molar-refractivity contribution in [2.75, 3.05) is 19.0 Å². The van der Waals surface area contributed by atoms with Crippen molar-refractivity contribution < 1.29 is 14.3 Å². The first-order valence-electron chi connectivity index (χ1n) is 7.22. The van der Waals surface area contributed by atoms with Gasteiger partial charge in [0.1, 0.15) is 11.4 Å². The van der Waals surface area contributed by atoms with Crippen molar-refractivity contribution in [3.8, 4) is 5.75 Å². The van der Waals surface area contributed by atoms with E-state index in [1.54, 1.807) is 7.11 Å². The van der Waals surface area contributed by atoms with Crippen LogP contribution in [0.2, 0.25) is 0 Å². The maximum Gasteiger partial charge on any atom is 0.412 e. The predicted molar refractivity (Wildman–Crippen MR) is 82.8 cm³/mol. The Bertz CT molecular complexity index is 523. The van der Waals surface area contributed by atoms with Crippen LogP contribution in [-0.2, 0) is 4.74 Å². The molecule has 1 aromatic carbocycles.